The van der Waals surface area contributed by atoms with Crippen LogP contribution in [0.3, 0.4) is 0 Å². The topological polar surface area (TPSA) is 75.9 Å². The predicted molar refractivity (Wildman–Crippen MR) is 84.0 cm³/mol. The molecular weight excluding hydrogens is 290 g/mol. The molecule has 5 heteroatoms. The quantitative estimate of drug-likeness (QED) is 0.793. The molecule has 1 aromatic heterocycles. The minimum atomic E-state index is -0.355. The largest absolute Gasteiger partial charge is 0.489 e. The molecule has 23 heavy (non-hydrogen) atoms. The van der Waals surface area contributed by atoms with Crippen molar-refractivity contribution in [2.45, 2.75) is 25.7 Å². The van der Waals surface area contributed by atoms with E-state index in [1.165, 1.54) is 0 Å². The minimum Gasteiger partial charge on any atom is -0.489 e. The Balaban J connectivity index is 1.85. The summed E-state index contributed by atoms with van der Waals surface area (Å²) in [5, 5.41) is 9.07. The lowest BCUT2D eigenvalue weighted by molar-refractivity contribution is -0.109. The molecule has 3 rings (SSSR count). The molecular formula is C18H17N3O2. The van der Waals surface area contributed by atoms with Gasteiger partial charge in [-0.15, -0.1) is 0 Å². The molecule has 2 atom stereocenters. The molecule has 0 N–H and O–H groups in total. The number of benzene rings is 1. The van der Waals surface area contributed by atoms with E-state index in [0.717, 1.165) is 24.0 Å². The Morgan fingerprint density at radius 1 is 1.48 bits per heavy atom. The Kier molecular flexibility index (Phi) is 3.83. The van der Waals surface area contributed by atoms with Gasteiger partial charge in [-0.05, 0) is 38.0 Å². The van der Waals surface area contributed by atoms with E-state index in [2.05, 4.69) is 16.0 Å². The van der Waals surface area contributed by atoms with Crippen molar-refractivity contribution >= 4 is 6.29 Å². The van der Waals surface area contributed by atoms with Crippen LogP contribution in [0.1, 0.15) is 29.1 Å². The molecule has 0 saturated heterocycles. The molecule has 0 bridgehead atoms. The smallest absolute Gasteiger partial charge is 0.158 e. The second-order valence-corrected chi connectivity index (χ2v) is 5.95. The first-order chi connectivity index (χ1) is 11.1. The second kappa shape index (κ2) is 5.81. The lowest BCUT2D eigenvalue weighted by atomic mass is 9.93. The van der Waals surface area contributed by atoms with E-state index in [0.29, 0.717) is 23.7 Å². The Morgan fingerprint density at radius 2 is 2.30 bits per heavy atom. The SMILES string of the molecule is Cc1ncc(OCC2(c3cccc(C#N)c3)CC2C=O)c(C)n1. The fraction of sp³-hybridized carbons (Fsp3) is 0.333. The Bertz CT molecular complexity index is 797. The van der Waals surface area contributed by atoms with Gasteiger partial charge < -0.3 is 9.53 Å². The highest BCUT2D eigenvalue weighted by atomic mass is 16.5. The summed E-state index contributed by atoms with van der Waals surface area (Å²) in [7, 11) is 0. The van der Waals surface area contributed by atoms with Crippen LogP contribution in [0.2, 0.25) is 0 Å². The second-order valence-electron chi connectivity index (χ2n) is 5.95. The third kappa shape index (κ3) is 2.80. The van der Waals surface area contributed by atoms with Gasteiger partial charge in [-0.25, -0.2) is 9.97 Å². The van der Waals surface area contributed by atoms with Gasteiger partial charge >= 0.3 is 0 Å². The number of hydrogen-bond acceptors (Lipinski definition) is 5. The van der Waals surface area contributed by atoms with Crippen LogP contribution in [-0.4, -0.2) is 22.9 Å². The van der Waals surface area contributed by atoms with Crippen molar-refractivity contribution in [1.29, 1.82) is 5.26 Å². The summed E-state index contributed by atoms with van der Waals surface area (Å²) in [5.74, 6) is 1.24. The molecule has 2 unspecified atom stereocenters. The van der Waals surface area contributed by atoms with Crippen molar-refractivity contribution in [2.75, 3.05) is 6.61 Å². The van der Waals surface area contributed by atoms with E-state index < -0.39 is 0 Å². The summed E-state index contributed by atoms with van der Waals surface area (Å²) < 4.78 is 5.91. The number of rotatable bonds is 5. The van der Waals surface area contributed by atoms with Crippen LogP contribution in [0.4, 0.5) is 0 Å². The molecule has 116 valence electrons. The molecule has 0 radical (unpaired) electrons. The molecule has 2 aromatic rings. The first kappa shape index (κ1) is 15.2. The van der Waals surface area contributed by atoms with Crippen molar-refractivity contribution in [3.05, 3.63) is 53.1 Å². The minimum absolute atomic E-state index is 0.0804. The molecule has 1 saturated carbocycles. The van der Waals surface area contributed by atoms with Gasteiger partial charge in [-0.1, -0.05) is 12.1 Å². The Morgan fingerprint density at radius 3 is 2.96 bits per heavy atom. The van der Waals surface area contributed by atoms with Gasteiger partial charge in [-0.2, -0.15) is 5.26 Å². The summed E-state index contributed by atoms with van der Waals surface area (Å²) in [6.07, 6.45) is 3.37. The lowest BCUT2D eigenvalue weighted by Gasteiger charge is -2.18. The zero-order chi connectivity index (χ0) is 16.4. The maximum absolute atomic E-state index is 11.3. The maximum atomic E-state index is 11.3. The average molecular weight is 307 g/mol. The number of carbonyl (C=O) groups is 1. The lowest BCUT2D eigenvalue weighted by Crippen LogP contribution is -2.21. The first-order valence-electron chi connectivity index (χ1n) is 7.48. The number of carbonyl (C=O) groups excluding carboxylic acids is 1. The van der Waals surface area contributed by atoms with Crippen LogP contribution >= 0.6 is 0 Å². The molecule has 1 aromatic carbocycles. The third-order valence-corrected chi connectivity index (χ3v) is 4.40. The van der Waals surface area contributed by atoms with Crippen LogP contribution in [-0.2, 0) is 10.2 Å². The van der Waals surface area contributed by atoms with Gasteiger partial charge in [-0.3, -0.25) is 0 Å². The maximum Gasteiger partial charge on any atom is 0.158 e. The number of hydrogen-bond donors (Lipinski definition) is 0. The monoisotopic (exact) mass is 307 g/mol. The highest BCUT2D eigenvalue weighted by Gasteiger charge is 2.56. The first-order valence-corrected chi connectivity index (χ1v) is 7.48. The normalized spacial score (nSPS) is 22.2. The molecule has 1 aliphatic rings. The average Bonchev–Trinajstić information content (AvgIpc) is 3.29. The van der Waals surface area contributed by atoms with Crippen molar-refractivity contribution in [3.63, 3.8) is 0 Å². The number of aryl methyl sites for hydroxylation is 2. The summed E-state index contributed by atoms with van der Waals surface area (Å²) >= 11 is 0. The molecule has 5 nitrogen and oxygen atoms in total. The zero-order valence-corrected chi connectivity index (χ0v) is 13.1. The van der Waals surface area contributed by atoms with Crippen LogP contribution in [0.25, 0.3) is 0 Å². The van der Waals surface area contributed by atoms with Gasteiger partial charge in [0.1, 0.15) is 12.1 Å². The van der Waals surface area contributed by atoms with E-state index in [-0.39, 0.29) is 11.3 Å². The number of aromatic nitrogens is 2. The molecule has 0 amide bonds. The van der Waals surface area contributed by atoms with E-state index >= 15 is 0 Å². The summed E-state index contributed by atoms with van der Waals surface area (Å²) in [6.45, 7) is 4.07. The van der Waals surface area contributed by atoms with Crippen molar-refractivity contribution in [3.8, 4) is 11.8 Å². The molecule has 0 spiro atoms. The fourth-order valence-corrected chi connectivity index (χ4v) is 2.91. The van der Waals surface area contributed by atoms with Gasteiger partial charge in [0.2, 0.25) is 0 Å². The van der Waals surface area contributed by atoms with Crippen LogP contribution in [0.15, 0.2) is 30.5 Å². The van der Waals surface area contributed by atoms with Gasteiger partial charge in [0.05, 0.1) is 30.1 Å². The number of ether oxygens (including phenoxy) is 1. The van der Waals surface area contributed by atoms with E-state index in [4.69, 9.17) is 10.00 Å². The van der Waals surface area contributed by atoms with Crippen LogP contribution < -0.4 is 4.74 Å². The van der Waals surface area contributed by atoms with Crippen molar-refractivity contribution in [2.24, 2.45) is 5.92 Å². The molecule has 1 heterocycles. The summed E-state index contributed by atoms with van der Waals surface area (Å²) in [5.41, 5.74) is 1.99. The number of aldehydes is 1. The number of nitrogens with zero attached hydrogens (tertiary/aromatic N) is 3. The van der Waals surface area contributed by atoms with E-state index in [1.807, 2.05) is 32.0 Å². The number of nitriles is 1. The highest BCUT2D eigenvalue weighted by Crippen LogP contribution is 2.53. The third-order valence-electron chi connectivity index (χ3n) is 4.40. The highest BCUT2D eigenvalue weighted by molar-refractivity contribution is 5.65. The molecule has 1 fully saturated rings. The summed E-state index contributed by atoms with van der Waals surface area (Å²) in [4.78, 5) is 19.7. The van der Waals surface area contributed by atoms with E-state index in [1.54, 1.807) is 12.3 Å². The fourth-order valence-electron chi connectivity index (χ4n) is 2.91. The van der Waals surface area contributed by atoms with E-state index in [9.17, 15) is 4.79 Å². The molecule has 0 aliphatic heterocycles. The molecule has 1 aliphatic carbocycles. The predicted octanol–water partition coefficient (Wildman–Crippen LogP) is 2.50. The standard InChI is InChI=1S/C18H17N3O2/c1-12-17(9-20-13(2)21-12)23-11-18(7-16(18)10-22)15-5-3-4-14(6-15)8-19/h3-6,9-10,16H,7,11H2,1-2H3. The zero-order valence-electron chi connectivity index (χ0n) is 13.1. The summed E-state index contributed by atoms with van der Waals surface area (Å²) in [6, 6.07) is 9.53. The van der Waals surface area contributed by atoms with Gasteiger partial charge in [0.25, 0.3) is 0 Å². The van der Waals surface area contributed by atoms with Gasteiger partial charge in [0, 0.05) is 11.3 Å². The van der Waals surface area contributed by atoms with Crippen LogP contribution in [0, 0.1) is 31.1 Å². The van der Waals surface area contributed by atoms with Gasteiger partial charge in [0.15, 0.2) is 5.75 Å². The Labute approximate surface area is 135 Å². The van der Waals surface area contributed by atoms with Crippen LogP contribution in [0.5, 0.6) is 5.75 Å². The van der Waals surface area contributed by atoms with Crippen molar-refractivity contribution < 1.29 is 9.53 Å². The van der Waals surface area contributed by atoms with Crippen molar-refractivity contribution in [1.82, 2.24) is 9.97 Å². The Hall–Kier alpha value is -2.74.